The number of fused-ring (bicyclic) bond motifs is 3. The van der Waals surface area contributed by atoms with Gasteiger partial charge in [-0.15, -0.1) is 5.56 Å². The van der Waals surface area contributed by atoms with Gasteiger partial charge in [0.1, 0.15) is 0 Å². The fraction of sp³-hybridized carbons (Fsp3) is 0.268. The third kappa shape index (κ3) is 9.78. The normalized spacial score (nSPS) is 11.3. The summed E-state index contributed by atoms with van der Waals surface area (Å²) in [5.41, 5.74) is 15.5. The first-order chi connectivity index (χ1) is 19.9. The van der Waals surface area contributed by atoms with Gasteiger partial charge in [0.25, 0.3) is 0 Å². The van der Waals surface area contributed by atoms with E-state index in [2.05, 4.69) is 162 Å². The zero-order valence-corrected chi connectivity index (χ0v) is 31.3. The molecule has 0 saturated heterocycles. The second-order valence-corrected chi connectivity index (χ2v) is 14.1. The van der Waals surface area contributed by atoms with Gasteiger partial charge in [-0.25, -0.2) is 6.07 Å². The number of halogens is 2. The molecule has 0 fully saturated rings. The second-order valence-electron chi connectivity index (χ2n) is 13.4. The predicted molar refractivity (Wildman–Crippen MR) is 179 cm³/mol. The van der Waals surface area contributed by atoms with Crippen molar-refractivity contribution in [3.05, 3.63) is 148 Å². The Morgan fingerprint density at radius 1 is 0.682 bits per heavy atom. The standard InChI is InChI=1S/C21H25.C13H13.C7H6.2ClH.Zr/c1-20(2,3)16-9-7-14-11-15-8-10-17(21(4,5)6)13-19(15)18(14)12-16;1-10-8-11(2)13(9-10)12-6-4-3-5-7-12;1-7-5-3-2-4-6-7;;;/h7,9-10,12-13H,11H2,1-6H3;3-9H,1-2H3;1-6H;2*1H;/q2*-1;;;;+2/p-2. The van der Waals surface area contributed by atoms with Crippen LogP contribution in [0, 0.1) is 19.9 Å². The SMILES string of the molecule is CC(C)(C)c1c[c-]c2c(c1)-c1cc(C(C)(C)C)ccc1C2.Cc1cc(-c2ccccc2)c(C)[cH-]1.[Cl-].[Cl-].[Zr+2]=[CH]c1ccccc1. The van der Waals surface area contributed by atoms with Crippen molar-refractivity contribution >= 4 is 3.71 Å². The molecule has 5 aromatic carbocycles. The van der Waals surface area contributed by atoms with Crippen molar-refractivity contribution in [1.29, 1.82) is 0 Å². The molecule has 0 aromatic heterocycles. The van der Waals surface area contributed by atoms with Crippen molar-refractivity contribution in [1.82, 2.24) is 0 Å². The van der Waals surface area contributed by atoms with Gasteiger partial charge in [0.05, 0.1) is 0 Å². The van der Waals surface area contributed by atoms with Crippen LogP contribution in [-0.4, -0.2) is 3.71 Å². The zero-order valence-electron chi connectivity index (χ0n) is 27.4. The van der Waals surface area contributed by atoms with Crippen molar-refractivity contribution in [3.63, 3.8) is 0 Å². The fourth-order valence-corrected chi connectivity index (χ4v) is 5.74. The minimum atomic E-state index is 0. The quantitative estimate of drug-likeness (QED) is 0.230. The monoisotopic (exact) mass is 696 g/mol. The molecule has 0 aliphatic heterocycles. The van der Waals surface area contributed by atoms with Gasteiger partial charge in [0, 0.05) is 0 Å². The van der Waals surface area contributed by atoms with Crippen LogP contribution >= 0.6 is 0 Å². The summed E-state index contributed by atoms with van der Waals surface area (Å²) in [4.78, 5) is 0. The van der Waals surface area contributed by atoms with E-state index in [9.17, 15) is 0 Å². The Morgan fingerprint density at radius 3 is 1.75 bits per heavy atom. The Balaban J connectivity index is 0.000000251. The van der Waals surface area contributed by atoms with Crippen LogP contribution in [0.2, 0.25) is 0 Å². The fourth-order valence-electron chi connectivity index (χ4n) is 5.27. The molecule has 0 heterocycles. The molecule has 1 aliphatic carbocycles. The minimum absolute atomic E-state index is 0. The number of benzene rings is 4. The van der Waals surface area contributed by atoms with Gasteiger partial charge >= 0.3 is 63.8 Å². The number of aryl methyl sites for hydroxylation is 2. The van der Waals surface area contributed by atoms with Crippen molar-refractivity contribution in [2.24, 2.45) is 0 Å². The van der Waals surface area contributed by atoms with Crippen LogP contribution in [-0.2, 0) is 41.5 Å². The third-order valence-corrected chi connectivity index (χ3v) is 8.64. The first kappa shape index (κ1) is 37.7. The topological polar surface area (TPSA) is 0 Å². The van der Waals surface area contributed by atoms with E-state index in [0.717, 1.165) is 6.42 Å². The van der Waals surface area contributed by atoms with E-state index in [1.807, 2.05) is 6.07 Å². The summed E-state index contributed by atoms with van der Waals surface area (Å²) in [5, 5.41) is 0. The number of hydrogen-bond donors (Lipinski definition) is 0. The summed E-state index contributed by atoms with van der Waals surface area (Å²) >= 11 is 1.46. The Hall–Kier alpha value is -2.44. The Kier molecular flexibility index (Phi) is 13.9. The van der Waals surface area contributed by atoms with Crippen LogP contribution in [0.5, 0.6) is 0 Å². The van der Waals surface area contributed by atoms with E-state index >= 15 is 0 Å². The Labute approximate surface area is 293 Å². The molecule has 3 heteroatoms. The molecule has 0 atom stereocenters. The Bertz CT molecular complexity index is 1570. The van der Waals surface area contributed by atoms with Crippen LogP contribution < -0.4 is 24.8 Å². The van der Waals surface area contributed by atoms with Crippen LogP contribution in [0.15, 0.2) is 103 Å². The van der Waals surface area contributed by atoms with Gasteiger partial charge in [-0.3, -0.25) is 0 Å². The van der Waals surface area contributed by atoms with Crippen molar-refractivity contribution < 1.29 is 49.0 Å². The molecule has 5 aromatic rings. The maximum atomic E-state index is 3.53. The van der Waals surface area contributed by atoms with E-state index in [4.69, 9.17) is 0 Å². The molecule has 0 N–H and O–H groups in total. The first-order valence-electron chi connectivity index (χ1n) is 14.9. The number of rotatable bonds is 2. The molecule has 0 nitrogen and oxygen atoms in total. The summed E-state index contributed by atoms with van der Waals surface area (Å²) in [7, 11) is 0. The van der Waals surface area contributed by atoms with Gasteiger partial charge in [-0.1, -0.05) is 126 Å². The Morgan fingerprint density at radius 2 is 1.25 bits per heavy atom. The predicted octanol–water partition coefficient (Wildman–Crippen LogP) is 4.73. The van der Waals surface area contributed by atoms with Crippen LogP contribution in [0.3, 0.4) is 0 Å². The van der Waals surface area contributed by atoms with Crippen molar-refractivity contribution in [2.75, 3.05) is 0 Å². The molecule has 228 valence electrons. The van der Waals surface area contributed by atoms with E-state index in [-0.39, 0.29) is 35.6 Å². The van der Waals surface area contributed by atoms with Gasteiger partial charge in [-0.2, -0.15) is 52.1 Å². The summed E-state index contributed by atoms with van der Waals surface area (Å²) in [5.74, 6) is 0. The molecular weight excluding hydrogens is 655 g/mol. The van der Waals surface area contributed by atoms with E-state index in [1.54, 1.807) is 0 Å². The molecule has 0 bridgehead atoms. The molecule has 0 unspecified atom stereocenters. The van der Waals surface area contributed by atoms with Crippen molar-refractivity contribution in [2.45, 2.75) is 72.6 Å². The van der Waals surface area contributed by atoms with Crippen LogP contribution in [0.4, 0.5) is 0 Å². The zero-order chi connectivity index (χ0) is 30.5. The maximum absolute atomic E-state index is 3.53. The van der Waals surface area contributed by atoms with Gasteiger partial charge in [0.2, 0.25) is 0 Å². The van der Waals surface area contributed by atoms with E-state index in [0.29, 0.717) is 0 Å². The summed E-state index contributed by atoms with van der Waals surface area (Å²) in [6.07, 6.45) is 1.03. The first-order valence-corrected chi connectivity index (χ1v) is 16.3. The third-order valence-electron chi connectivity index (χ3n) is 7.82. The average molecular weight is 699 g/mol. The molecule has 44 heavy (non-hydrogen) atoms. The number of hydrogen-bond acceptors (Lipinski definition) is 0. The van der Waals surface area contributed by atoms with E-state index < -0.39 is 0 Å². The summed E-state index contributed by atoms with van der Waals surface area (Å²) in [6, 6.07) is 40.4. The van der Waals surface area contributed by atoms with Gasteiger partial charge in [-0.05, 0) is 17.4 Å². The molecule has 0 amide bonds. The molecular formula is C41H44Cl2Zr-2. The molecule has 0 saturated carbocycles. The average Bonchev–Trinajstić information content (AvgIpc) is 3.51. The van der Waals surface area contributed by atoms with E-state index in [1.165, 1.54) is 85.4 Å². The van der Waals surface area contributed by atoms with Crippen molar-refractivity contribution in [3.8, 4) is 22.3 Å². The molecule has 6 rings (SSSR count). The van der Waals surface area contributed by atoms with Crippen LogP contribution in [0.25, 0.3) is 22.3 Å². The molecule has 1 aliphatic rings. The van der Waals surface area contributed by atoms with Crippen LogP contribution in [0.1, 0.15) is 80.5 Å². The summed E-state index contributed by atoms with van der Waals surface area (Å²) < 4.78 is 2.17. The second kappa shape index (κ2) is 16.2. The van der Waals surface area contributed by atoms with Gasteiger partial charge in [0.15, 0.2) is 0 Å². The van der Waals surface area contributed by atoms with Gasteiger partial charge < -0.3 is 24.8 Å². The summed E-state index contributed by atoms with van der Waals surface area (Å²) in [6.45, 7) is 17.9. The molecule has 0 radical (unpaired) electrons. The molecule has 0 spiro atoms.